The molecule has 0 radical (unpaired) electrons. The molecule has 1 amide bonds. The average Bonchev–Trinajstić information content (AvgIpc) is 2.62. The summed E-state index contributed by atoms with van der Waals surface area (Å²) in [6.45, 7) is 9.23. The van der Waals surface area contributed by atoms with Gasteiger partial charge >= 0.3 is 0 Å². The second kappa shape index (κ2) is 9.06. The summed E-state index contributed by atoms with van der Waals surface area (Å²) in [4.78, 5) is 17.6. The van der Waals surface area contributed by atoms with Crippen LogP contribution in [0.3, 0.4) is 0 Å². The van der Waals surface area contributed by atoms with Gasteiger partial charge in [-0.1, -0.05) is 19.9 Å². The Morgan fingerprint density at radius 1 is 1.12 bits per heavy atom. The van der Waals surface area contributed by atoms with Crippen molar-refractivity contribution in [3.63, 3.8) is 0 Å². The minimum Gasteiger partial charge on any atom is -0.496 e. The Morgan fingerprint density at radius 3 is 2.16 bits per heavy atom. The molecule has 25 heavy (non-hydrogen) atoms. The number of likely N-dealkylation sites (N-methyl/N-ethyl adjacent to an activating group) is 1. The lowest BCUT2D eigenvalue weighted by Gasteiger charge is -2.40. The highest BCUT2D eigenvalue weighted by Gasteiger charge is 2.26. The topological polar surface area (TPSA) is 54.0 Å². The number of piperazine rings is 1. The zero-order valence-electron chi connectivity index (χ0n) is 16.0. The number of carbonyl (C=O) groups is 1. The fourth-order valence-electron chi connectivity index (χ4n) is 3.30. The summed E-state index contributed by atoms with van der Waals surface area (Å²) < 4.78 is 10.7. The van der Waals surface area contributed by atoms with Gasteiger partial charge in [0.1, 0.15) is 17.1 Å². The summed E-state index contributed by atoms with van der Waals surface area (Å²) in [5.41, 5.74) is 0.452. The fraction of sp³-hybridized carbons (Fsp3) is 0.632. The van der Waals surface area contributed by atoms with Gasteiger partial charge in [-0.15, -0.1) is 0 Å². The summed E-state index contributed by atoms with van der Waals surface area (Å²) in [7, 11) is 5.27. The van der Waals surface area contributed by atoms with Crippen molar-refractivity contribution in [3.8, 4) is 11.5 Å². The van der Waals surface area contributed by atoms with Crippen LogP contribution in [0.4, 0.5) is 0 Å². The van der Waals surface area contributed by atoms with Crippen molar-refractivity contribution < 1.29 is 14.3 Å². The third-order valence-corrected chi connectivity index (χ3v) is 4.90. The second-order valence-electron chi connectivity index (χ2n) is 6.90. The van der Waals surface area contributed by atoms with Crippen molar-refractivity contribution in [3.05, 3.63) is 23.8 Å². The van der Waals surface area contributed by atoms with Crippen LogP contribution in [0.15, 0.2) is 18.2 Å². The van der Waals surface area contributed by atoms with Crippen LogP contribution < -0.4 is 14.8 Å². The third kappa shape index (κ3) is 4.86. The van der Waals surface area contributed by atoms with E-state index in [0.29, 0.717) is 35.6 Å². The van der Waals surface area contributed by atoms with Gasteiger partial charge in [0.25, 0.3) is 5.91 Å². The molecule has 0 bridgehead atoms. The Balaban J connectivity index is 2.07. The molecule has 0 aliphatic carbocycles. The summed E-state index contributed by atoms with van der Waals surface area (Å²) in [5, 5.41) is 3.08. The fourth-order valence-corrected chi connectivity index (χ4v) is 3.30. The molecule has 0 spiro atoms. The number of methoxy groups -OCH3 is 2. The number of nitrogens with one attached hydrogen (secondary N) is 1. The molecular formula is C19H31N3O3. The Kier molecular flexibility index (Phi) is 7.08. The van der Waals surface area contributed by atoms with Crippen molar-refractivity contribution in [2.24, 2.45) is 5.92 Å². The van der Waals surface area contributed by atoms with E-state index in [0.717, 1.165) is 26.2 Å². The van der Waals surface area contributed by atoms with Gasteiger partial charge in [0.05, 0.1) is 14.2 Å². The minimum absolute atomic E-state index is 0.158. The molecule has 140 valence electrons. The molecule has 2 rings (SSSR count). The molecule has 0 aromatic heterocycles. The summed E-state index contributed by atoms with van der Waals surface area (Å²) in [5.74, 6) is 1.35. The van der Waals surface area contributed by atoms with Crippen molar-refractivity contribution in [2.45, 2.75) is 19.9 Å². The van der Waals surface area contributed by atoms with Gasteiger partial charge in [-0.3, -0.25) is 9.69 Å². The molecule has 1 aliphatic heterocycles. The van der Waals surface area contributed by atoms with Crippen molar-refractivity contribution in [1.29, 1.82) is 0 Å². The monoisotopic (exact) mass is 349 g/mol. The first-order valence-corrected chi connectivity index (χ1v) is 8.89. The summed E-state index contributed by atoms with van der Waals surface area (Å²) in [6.07, 6.45) is 0. The van der Waals surface area contributed by atoms with Gasteiger partial charge in [-0.05, 0) is 25.1 Å². The smallest absolute Gasteiger partial charge is 0.258 e. The molecule has 1 atom stereocenters. The van der Waals surface area contributed by atoms with E-state index < -0.39 is 0 Å². The third-order valence-electron chi connectivity index (χ3n) is 4.90. The van der Waals surface area contributed by atoms with E-state index in [4.69, 9.17) is 9.47 Å². The van der Waals surface area contributed by atoms with Crippen molar-refractivity contribution in [2.75, 3.05) is 54.0 Å². The van der Waals surface area contributed by atoms with Gasteiger partial charge in [0, 0.05) is 38.8 Å². The highest BCUT2D eigenvalue weighted by Crippen LogP contribution is 2.28. The van der Waals surface area contributed by atoms with Crippen LogP contribution in [0.1, 0.15) is 24.2 Å². The second-order valence-corrected chi connectivity index (χ2v) is 6.90. The molecule has 1 N–H and O–H groups in total. The Bertz CT molecular complexity index is 547. The van der Waals surface area contributed by atoms with E-state index in [9.17, 15) is 4.79 Å². The quantitative estimate of drug-likeness (QED) is 0.812. The Labute approximate surface area is 151 Å². The molecule has 6 nitrogen and oxygen atoms in total. The summed E-state index contributed by atoms with van der Waals surface area (Å²) in [6, 6.07) is 5.68. The lowest BCUT2D eigenvalue weighted by atomic mass is 10.0. The average molecular weight is 349 g/mol. The molecule has 1 aliphatic rings. The maximum Gasteiger partial charge on any atom is 0.258 e. The van der Waals surface area contributed by atoms with E-state index in [1.54, 1.807) is 26.4 Å². The van der Waals surface area contributed by atoms with Crippen LogP contribution in [-0.2, 0) is 0 Å². The number of hydrogen-bond donors (Lipinski definition) is 1. The number of rotatable bonds is 7. The van der Waals surface area contributed by atoms with E-state index >= 15 is 0 Å². The molecule has 1 saturated heterocycles. The molecule has 1 fully saturated rings. The van der Waals surface area contributed by atoms with Crippen LogP contribution in [-0.4, -0.2) is 75.7 Å². The lowest BCUT2D eigenvalue weighted by Crippen LogP contribution is -2.54. The SMILES string of the molecule is COc1cccc(OC)c1C(=O)NCC(C(C)C)N1CCN(C)CC1. The van der Waals surface area contributed by atoms with Gasteiger partial charge < -0.3 is 19.7 Å². The number of hydrogen-bond acceptors (Lipinski definition) is 5. The van der Waals surface area contributed by atoms with Gasteiger partial charge in [-0.2, -0.15) is 0 Å². The van der Waals surface area contributed by atoms with E-state index in [1.807, 2.05) is 6.07 Å². The van der Waals surface area contributed by atoms with Crippen molar-refractivity contribution in [1.82, 2.24) is 15.1 Å². The van der Waals surface area contributed by atoms with Gasteiger partial charge in [-0.25, -0.2) is 0 Å². The van der Waals surface area contributed by atoms with Crippen LogP contribution in [0.2, 0.25) is 0 Å². The number of nitrogens with zero attached hydrogens (tertiary/aromatic N) is 2. The van der Waals surface area contributed by atoms with E-state index in [-0.39, 0.29) is 5.91 Å². The minimum atomic E-state index is -0.158. The number of amides is 1. The number of carbonyl (C=O) groups excluding carboxylic acids is 1. The van der Waals surface area contributed by atoms with Gasteiger partial charge in [0.15, 0.2) is 0 Å². The van der Waals surface area contributed by atoms with E-state index in [1.165, 1.54) is 0 Å². The van der Waals surface area contributed by atoms with Crippen LogP contribution >= 0.6 is 0 Å². The van der Waals surface area contributed by atoms with Crippen LogP contribution in [0, 0.1) is 5.92 Å². The predicted octanol–water partition coefficient (Wildman–Crippen LogP) is 1.71. The normalized spacial score (nSPS) is 17.4. The molecule has 1 aromatic rings. The number of benzene rings is 1. The molecule has 1 heterocycles. The van der Waals surface area contributed by atoms with Crippen molar-refractivity contribution >= 4 is 5.91 Å². The van der Waals surface area contributed by atoms with E-state index in [2.05, 4.69) is 36.0 Å². The molecule has 0 saturated carbocycles. The molecule has 6 heteroatoms. The number of ether oxygens (including phenoxy) is 2. The Hall–Kier alpha value is -1.79. The highest BCUT2D eigenvalue weighted by molar-refractivity contribution is 5.99. The van der Waals surface area contributed by atoms with Gasteiger partial charge in [0.2, 0.25) is 0 Å². The lowest BCUT2D eigenvalue weighted by molar-refractivity contribution is 0.0788. The molecular weight excluding hydrogens is 318 g/mol. The first kappa shape index (κ1) is 19.5. The highest BCUT2D eigenvalue weighted by atomic mass is 16.5. The molecule has 1 aromatic carbocycles. The van der Waals surface area contributed by atoms with Crippen LogP contribution in [0.25, 0.3) is 0 Å². The van der Waals surface area contributed by atoms with Crippen LogP contribution in [0.5, 0.6) is 11.5 Å². The molecule has 1 unspecified atom stereocenters. The zero-order chi connectivity index (χ0) is 18.4. The first-order chi connectivity index (χ1) is 12.0. The summed E-state index contributed by atoms with van der Waals surface area (Å²) >= 11 is 0. The largest absolute Gasteiger partial charge is 0.496 e. The standard InChI is InChI=1S/C19H31N3O3/c1-14(2)15(22-11-9-21(3)10-12-22)13-20-19(23)18-16(24-4)7-6-8-17(18)25-5/h6-8,14-15H,9-13H2,1-5H3,(H,20,23). The predicted molar refractivity (Wildman–Crippen MR) is 99.6 cm³/mol. The maximum atomic E-state index is 12.8. The Morgan fingerprint density at radius 2 is 1.68 bits per heavy atom. The maximum absolute atomic E-state index is 12.8. The first-order valence-electron chi connectivity index (χ1n) is 8.89. The zero-order valence-corrected chi connectivity index (χ0v) is 16.0.